The van der Waals surface area contributed by atoms with E-state index in [0.29, 0.717) is 11.8 Å². The summed E-state index contributed by atoms with van der Waals surface area (Å²) in [7, 11) is 3.86. The van der Waals surface area contributed by atoms with E-state index in [2.05, 4.69) is 73.6 Å². The molecule has 27 heavy (non-hydrogen) atoms. The van der Waals surface area contributed by atoms with Crippen molar-refractivity contribution in [3.05, 3.63) is 52.3 Å². The van der Waals surface area contributed by atoms with Gasteiger partial charge in [0.2, 0.25) is 0 Å². The van der Waals surface area contributed by atoms with Crippen molar-refractivity contribution in [2.75, 3.05) is 26.7 Å². The van der Waals surface area contributed by atoms with Crippen LogP contribution in [0.15, 0.2) is 46.1 Å². The van der Waals surface area contributed by atoms with Gasteiger partial charge in [0.1, 0.15) is 0 Å². The Morgan fingerprint density at radius 2 is 2.30 bits per heavy atom. The van der Waals surface area contributed by atoms with Crippen molar-refractivity contribution in [1.29, 1.82) is 0 Å². The van der Waals surface area contributed by atoms with Crippen LogP contribution in [0.4, 0.5) is 0 Å². The number of guanidine groups is 1. The molecular weight excluding hydrogens is 402 g/mol. The van der Waals surface area contributed by atoms with Crippen LogP contribution >= 0.6 is 15.9 Å². The monoisotopic (exact) mass is 431 g/mol. The van der Waals surface area contributed by atoms with Crippen molar-refractivity contribution in [3.8, 4) is 0 Å². The van der Waals surface area contributed by atoms with Crippen LogP contribution in [-0.2, 0) is 13.5 Å². The Morgan fingerprint density at radius 1 is 1.44 bits per heavy atom. The van der Waals surface area contributed by atoms with Gasteiger partial charge >= 0.3 is 0 Å². The van der Waals surface area contributed by atoms with Crippen molar-refractivity contribution in [1.82, 2.24) is 20.0 Å². The predicted molar refractivity (Wildman–Crippen MR) is 115 cm³/mol. The number of aryl methyl sites for hydroxylation is 1. The molecule has 3 rings (SSSR count). The highest BCUT2D eigenvalue weighted by Crippen LogP contribution is 2.26. The Labute approximate surface area is 171 Å². The number of hydrogen-bond acceptors (Lipinski definition) is 2. The van der Waals surface area contributed by atoms with E-state index in [-0.39, 0.29) is 0 Å². The molecule has 1 saturated heterocycles. The van der Waals surface area contributed by atoms with Crippen molar-refractivity contribution in [2.45, 2.75) is 32.1 Å². The molecule has 2 unspecified atom stereocenters. The van der Waals surface area contributed by atoms with Gasteiger partial charge in [0, 0.05) is 50.3 Å². The normalized spacial score (nSPS) is 18.7. The highest BCUT2D eigenvalue weighted by atomic mass is 79.9. The first kappa shape index (κ1) is 19.9. The third-order valence-electron chi connectivity index (χ3n) is 5.44. The summed E-state index contributed by atoms with van der Waals surface area (Å²) in [6.07, 6.45) is 7.51. The number of aliphatic imine (C=N–C) groups is 1. The minimum Gasteiger partial charge on any atom is -0.356 e. The third-order valence-corrected chi connectivity index (χ3v) is 5.93. The molecule has 5 nitrogen and oxygen atoms in total. The predicted octanol–water partition coefficient (Wildman–Crippen LogP) is 3.82. The van der Waals surface area contributed by atoms with Gasteiger partial charge in [-0.05, 0) is 42.0 Å². The van der Waals surface area contributed by atoms with E-state index < -0.39 is 0 Å². The standard InChI is InChI=1S/C21H30BrN5/c1-4-16(10-17-6-5-7-20(22)11-17)12-24-21(23-2)27-9-8-18(15-27)19-13-25-26(3)14-19/h5-7,11,13-14,16,18H,4,8-10,12,15H2,1-3H3,(H,23,24). The smallest absolute Gasteiger partial charge is 0.193 e. The lowest BCUT2D eigenvalue weighted by Crippen LogP contribution is -2.42. The number of benzene rings is 1. The average molecular weight is 432 g/mol. The Morgan fingerprint density at radius 3 is 2.96 bits per heavy atom. The van der Waals surface area contributed by atoms with Gasteiger partial charge < -0.3 is 10.2 Å². The fourth-order valence-corrected chi connectivity index (χ4v) is 4.25. The van der Waals surface area contributed by atoms with Gasteiger partial charge in [-0.2, -0.15) is 5.10 Å². The van der Waals surface area contributed by atoms with Crippen LogP contribution in [-0.4, -0.2) is 47.3 Å². The Balaban J connectivity index is 1.53. The fourth-order valence-electron chi connectivity index (χ4n) is 3.80. The summed E-state index contributed by atoms with van der Waals surface area (Å²) in [6, 6.07) is 8.62. The molecule has 1 aliphatic heterocycles. The maximum atomic E-state index is 4.53. The van der Waals surface area contributed by atoms with Crippen LogP contribution in [0.25, 0.3) is 0 Å². The van der Waals surface area contributed by atoms with Gasteiger partial charge in [-0.15, -0.1) is 0 Å². The Kier molecular flexibility index (Phi) is 6.94. The minimum absolute atomic E-state index is 0.542. The number of rotatable bonds is 6. The molecule has 0 amide bonds. The molecule has 0 spiro atoms. The van der Waals surface area contributed by atoms with Gasteiger partial charge in [-0.3, -0.25) is 9.67 Å². The van der Waals surface area contributed by atoms with E-state index in [9.17, 15) is 0 Å². The summed E-state index contributed by atoms with van der Waals surface area (Å²) in [4.78, 5) is 6.91. The van der Waals surface area contributed by atoms with Crippen LogP contribution in [0.3, 0.4) is 0 Å². The van der Waals surface area contributed by atoms with Crippen LogP contribution in [0, 0.1) is 5.92 Å². The van der Waals surface area contributed by atoms with Gasteiger partial charge in [-0.1, -0.05) is 41.4 Å². The number of hydrogen-bond donors (Lipinski definition) is 1. The number of aromatic nitrogens is 2. The highest BCUT2D eigenvalue weighted by Gasteiger charge is 2.27. The van der Waals surface area contributed by atoms with E-state index in [1.165, 1.54) is 11.1 Å². The maximum absolute atomic E-state index is 4.53. The van der Waals surface area contributed by atoms with E-state index >= 15 is 0 Å². The lowest BCUT2D eigenvalue weighted by atomic mass is 9.97. The van der Waals surface area contributed by atoms with Crippen LogP contribution in [0.2, 0.25) is 0 Å². The molecule has 1 fully saturated rings. The Bertz CT molecular complexity index is 769. The summed E-state index contributed by atoms with van der Waals surface area (Å²) < 4.78 is 3.04. The van der Waals surface area contributed by atoms with E-state index in [1.807, 2.05) is 25.0 Å². The molecule has 2 atom stereocenters. The summed E-state index contributed by atoms with van der Waals surface area (Å²) >= 11 is 3.57. The summed E-state index contributed by atoms with van der Waals surface area (Å²) in [6.45, 7) is 5.26. The number of halogens is 1. The molecule has 1 aliphatic rings. The fraction of sp³-hybridized carbons (Fsp3) is 0.524. The SMILES string of the molecule is CCC(CNC(=NC)N1CCC(c2cnn(C)c2)C1)Cc1cccc(Br)c1. The lowest BCUT2D eigenvalue weighted by Gasteiger charge is -2.24. The molecule has 0 radical (unpaired) electrons. The summed E-state index contributed by atoms with van der Waals surface area (Å²) in [5.41, 5.74) is 2.71. The molecule has 1 aromatic heterocycles. The number of likely N-dealkylation sites (tertiary alicyclic amines) is 1. The topological polar surface area (TPSA) is 45.5 Å². The lowest BCUT2D eigenvalue weighted by molar-refractivity contribution is 0.450. The second kappa shape index (κ2) is 9.40. The second-order valence-corrected chi connectivity index (χ2v) is 8.33. The van der Waals surface area contributed by atoms with E-state index in [1.54, 1.807) is 0 Å². The molecule has 2 heterocycles. The largest absolute Gasteiger partial charge is 0.356 e. The minimum atomic E-state index is 0.542. The van der Waals surface area contributed by atoms with Gasteiger partial charge in [0.05, 0.1) is 6.20 Å². The molecular formula is C21H30BrN5. The molecule has 1 N–H and O–H groups in total. The molecule has 0 bridgehead atoms. The van der Waals surface area contributed by atoms with Crippen molar-refractivity contribution in [3.63, 3.8) is 0 Å². The van der Waals surface area contributed by atoms with Crippen LogP contribution in [0.5, 0.6) is 0 Å². The quantitative estimate of drug-likeness (QED) is 0.558. The van der Waals surface area contributed by atoms with Crippen LogP contribution in [0.1, 0.15) is 36.8 Å². The average Bonchev–Trinajstić information content (AvgIpc) is 3.30. The first-order valence-electron chi connectivity index (χ1n) is 9.77. The van der Waals surface area contributed by atoms with Gasteiger partial charge in [0.15, 0.2) is 5.96 Å². The molecule has 146 valence electrons. The summed E-state index contributed by atoms with van der Waals surface area (Å²) in [5.74, 6) is 2.16. The molecule has 0 aliphatic carbocycles. The molecule has 0 saturated carbocycles. The van der Waals surface area contributed by atoms with Gasteiger partial charge in [-0.25, -0.2) is 0 Å². The van der Waals surface area contributed by atoms with Crippen molar-refractivity contribution < 1.29 is 0 Å². The third kappa shape index (κ3) is 5.34. The van der Waals surface area contributed by atoms with Crippen LogP contribution < -0.4 is 5.32 Å². The first-order valence-corrected chi connectivity index (χ1v) is 10.6. The molecule has 1 aromatic carbocycles. The van der Waals surface area contributed by atoms with E-state index in [0.717, 1.165) is 49.3 Å². The highest BCUT2D eigenvalue weighted by molar-refractivity contribution is 9.10. The zero-order chi connectivity index (χ0) is 19.2. The maximum Gasteiger partial charge on any atom is 0.193 e. The molecule has 6 heteroatoms. The zero-order valence-corrected chi connectivity index (χ0v) is 18.1. The second-order valence-electron chi connectivity index (χ2n) is 7.42. The number of nitrogens with zero attached hydrogens (tertiary/aromatic N) is 4. The Hall–Kier alpha value is -1.82. The molecule has 2 aromatic rings. The van der Waals surface area contributed by atoms with E-state index in [4.69, 9.17) is 0 Å². The summed E-state index contributed by atoms with van der Waals surface area (Å²) in [5, 5.41) is 7.93. The first-order chi connectivity index (χ1) is 13.1. The van der Waals surface area contributed by atoms with Crippen molar-refractivity contribution >= 4 is 21.9 Å². The number of nitrogens with one attached hydrogen (secondary N) is 1. The van der Waals surface area contributed by atoms with Gasteiger partial charge in [0.25, 0.3) is 0 Å². The van der Waals surface area contributed by atoms with Crippen molar-refractivity contribution in [2.24, 2.45) is 18.0 Å². The zero-order valence-electron chi connectivity index (χ0n) is 16.5.